The van der Waals surface area contributed by atoms with E-state index in [1.165, 1.54) is 26.4 Å². The number of thiocarbonyl (C=S) groups is 1. The lowest BCUT2D eigenvalue weighted by Crippen LogP contribution is -2.30. The van der Waals surface area contributed by atoms with Gasteiger partial charge in [-0.05, 0) is 75.0 Å². The Balaban J connectivity index is 1.78. The lowest BCUT2D eigenvalue weighted by molar-refractivity contribution is 0.0601. The molecule has 208 valence electrons. The smallest absolute Gasteiger partial charge is 0.341 e. The maximum Gasteiger partial charge on any atom is 0.341 e. The number of ether oxygens (including phenoxy) is 2. The molecule has 0 aliphatic carbocycles. The fourth-order valence-electron chi connectivity index (χ4n) is 3.72. The molecule has 0 aliphatic heterocycles. The summed E-state index contributed by atoms with van der Waals surface area (Å²) in [6.45, 7) is 6.52. The van der Waals surface area contributed by atoms with E-state index in [0.717, 1.165) is 11.3 Å². The quantitative estimate of drug-likeness (QED) is 0.222. The van der Waals surface area contributed by atoms with Crippen molar-refractivity contribution in [3.05, 3.63) is 64.5 Å². The zero-order valence-electron chi connectivity index (χ0n) is 22.2. The fourth-order valence-corrected chi connectivity index (χ4v) is 6.25. The summed E-state index contributed by atoms with van der Waals surface area (Å²) in [7, 11) is -1.15. The number of hydrogen-bond acceptors (Lipinski definition) is 8. The number of para-hydroxylation sites is 2. The van der Waals surface area contributed by atoms with Crippen molar-refractivity contribution in [3.8, 4) is 5.75 Å². The number of sulfonamides is 1. The molecular weight excluding hydrogens is 561 g/mol. The van der Waals surface area contributed by atoms with E-state index < -0.39 is 16.0 Å². The summed E-state index contributed by atoms with van der Waals surface area (Å²) in [4.78, 5) is 27.6. The highest BCUT2D eigenvalue weighted by molar-refractivity contribution is 7.92. The number of hydrogen-bond donors (Lipinski definition) is 3. The van der Waals surface area contributed by atoms with Crippen molar-refractivity contribution in [2.75, 3.05) is 42.7 Å². The first kappa shape index (κ1) is 29.9. The molecule has 1 heterocycles. The van der Waals surface area contributed by atoms with Gasteiger partial charge in [0.1, 0.15) is 10.8 Å². The number of methoxy groups -OCH3 is 2. The van der Waals surface area contributed by atoms with E-state index in [1.807, 2.05) is 13.8 Å². The average molecular weight is 591 g/mol. The van der Waals surface area contributed by atoms with Crippen LogP contribution in [0.3, 0.4) is 0 Å². The number of carbonyl (C=O) groups excluding carboxylic acids is 2. The topological polar surface area (TPSA) is 126 Å². The number of nitrogens with zero attached hydrogens (tertiary/aromatic N) is 1. The Morgan fingerprint density at radius 1 is 1.00 bits per heavy atom. The largest absolute Gasteiger partial charge is 0.495 e. The maximum atomic E-state index is 13.0. The Bertz CT molecular complexity index is 1470. The van der Waals surface area contributed by atoms with Gasteiger partial charge in [0.25, 0.3) is 15.9 Å². The molecule has 0 radical (unpaired) electrons. The van der Waals surface area contributed by atoms with E-state index in [2.05, 4.69) is 15.4 Å². The third-order valence-corrected chi connectivity index (χ3v) is 8.56. The molecule has 3 N–H and O–H groups in total. The summed E-state index contributed by atoms with van der Waals surface area (Å²) >= 11 is 6.55. The van der Waals surface area contributed by atoms with Crippen LogP contribution in [0.25, 0.3) is 0 Å². The molecule has 1 aromatic heterocycles. The van der Waals surface area contributed by atoms with Crippen molar-refractivity contribution >= 4 is 66.9 Å². The van der Waals surface area contributed by atoms with Crippen molar-refractivity contribution in [1.82, 2.24) is 4.90 Å². The molecule has 0 aliphatic rings. The summed E-state index contributed by atoms with van der Waals surface area (Å²) in [6, 6.07) is 12.7. The highest BCUT2D eigenvalue weighted by atomic mass is 32.2. The van der Waals surface area contributed by atoms with Crippen molar-refractivity contribution in [2.45, 2.75) is 25.7 Å². The van der Waals surface area contributed by atoms with Gasteiger partial charge in [0, 0.05) is 18.8 Å². The zero-order valence-corrected chi connectivity index (χ0v) is 24.6. The molecule has 0 saturated carbocycles. The van der Waals surface area contributed by atoms with Gasteiger partial charge in [-0.25, -0.2) is 13.2 Å². The molecule has 0 saturated heterocycles. The van der Waals surface area contributed by atoms with Gasteiger partial charge in [-0.15, -0.1) is 11.3 Å². The van der Waals surface area contributed by atoms with Crippen LogP contribution in [0.5, 0.6) is 5.75 Å². The molecule has 0 unspecified atom stereocenters. The predicted molar refractivity (Wildman–Crippen MR) is 158 cm³/mol. The summed E-state index contributed by atoms with van der Waals surface area (Å²) in [5.41, 5.74) is 1.56. The van der Waals surface area contributed by atoms with E-state index in [1.54, 1.807) is 48.2 Å². The van der Waals surface area contributed by atoms with Crippen LogP contribution in [0.2, 0.25) is 0 Å². The van der Waals surface area contributed by atoms with Crippen LogP contribution in [0, 0.1) is 6.92 Å². The van der Waals surface area contributed by atoms with E-state index in [9.17, 15) is 18.0 Å². The standard InChI is InChI=1S/C26H30N4O6S3/c1-6-30(7-2)24(31)22-16(3)21(25(32)36-5)23(38-22)28-26(37)27-17-12-14-18(15-13-17)39(33,34)29-19-10-8-9-11-20(19)35-4/h8-15,29H,6-7H2,1-5H3,(H2,27,28,37). The Hall–Kier alpha value is -3.68. The number of amides is 1. The third kappa shape index (κ3) is 6.85. The van der Waals surface area contributed by atoms with E-state index in [0.29, 0.717) is 45.7 Å². The normalized spacial score (nSPS) is 10.9. The number of anilines is 3. The first-order chi connectivity index (χ1) is 18.6. The molecule has 0 fully saturated rings. The molecule has 0 bridgehead atoms. The Labute approximate surface area is 237 Å². The van der Waals surface area contributed by atoms with Gasteiger partial charge < -0.3 is 25.0 Å². The first-order valence-electron chi connectivity index (χ1n) is 11.9. The number of nitrogens with one attached hydrogen (secondary N) is 3. The van der Waals surface area contributed by atoms with Crippen molar-refractivity contribution < 1.29 is 27.5 Å². The number of thiophene rings is 1. The van der Waals surface area contributed by atoms with Crippen LogP contribution in [-0.2, 0) is 14.8 Å². The van der Waals surface area contributed by atoms with Crippen LogP contribution in [0.4, 0.5) is 16.4 Å². The second-order valence-corrected chi connectivity index (χ2v) is 11.2. The number of rotatable bonds is 10. The third-order valence-electron chi connectivity index (χ3n) is 5.78. The molecular formula is C26H30N4O6S3. The molecule has 39 heavy (non-hydrogen) atoms. The van der Waals surface area contributed by atoms with Gasteiger partial charge in [0.2, 0.25) is 0 Å². The van der Waals surface area contributed by atoms with Crippen molar-refractivity contribution in [1.29, 1.82) is 0 Å². The Morgan fingerprint density at radius 3 is 2.23 bits per heavy atom. The van der Waals surface area contributed by atoms with Crippen LogP contribution >= 0.6 is 23.6 Å². The van der Waals surface area contributed by atoms with Crippen LogP contribution in [0.1, 0.15) is 39.4 Å². The van der Waals surface area contributed by atoms with Gasteiger partial charge in [-0.1, -0.05) is 12.1 Å². The average Bonchev–Trinajstić information content (AvgIpc) is 3.24. The minimum absolute atomic E-state index is 0.0410. The van der Waals surface area contributed by atoms with Crippen LogP contribution in [0.15, 0.2) is 53.4 Å². The van der Waals surface area contributed by atoms with Crippen molar-refractivity contribution in [3.63, 3.8) is 0 Å². The highest BCUT2D eigenvalue weighted by Crippen LogP contribution is 2.35. The van der Waals surface area contributed by atoms with Crippen LogP contribution in [-0.4, -0.2) is 57.6 Å². The predicted octanol–water partition coefficient (Wildman–Crippen LogP) is 4.94. The Morgan fingerprint density at radius 2 is 1.64 bits per heavy atom. The first-order valence-corrected chi connectivity index (χ1v) is 14.6. The van der Waals surface area contributed by atoms with Gasteiger partial charge in [0.15, 0.2) is 5.11 Å². The molecule has 13 heteroatoms. The second-order valence-electron chi connectivity index (χ2n) is 8.14. The summed E-state index contributed by atoms with van der Waals surface area (Å²) in [6.07, 6.45) is 0. The Kier molecular flexibility index (Phi) is 9.89. The van der Waals surface area contributed by atoms with E-state index >= 15 is 0 Å². The molecule has 10 nitrogen and oxygen atoms in total. The van der Waals surface area contributed by atoms with Gasteiger partial charge in [-0.3, -0.25) is 9.52 Å². The lowest BCUT2D eigenvalue weighted by Gasteiger charge is -2.18. The zero-order chi connectivity index (χ0) is 28.7. The lowest BCUT2D eigenvalue weighted by atomic mass is 10.1. The van der Waals surface area contributed by atoms with Gasteiger partial charge >= 0.3 is 5.97 Å². The summed E-state index contributed by atoms with van der Waals surface area (Å²) < 4.78 is 38.4. The monoisotopic (exact) mass is 590 g/mol. The van der Waals surface area contributed by atoms with E-state index in [4.69, 9.17) is 21.7 Å². The molecule has 0 spiro atoms. The SMILES string of the molecule is CCN(CC)C(=O)c1sc(NC(=S)Nc2ccc(S(=O)(=O)Nc3ccccc3OC)cc2)c(C(=O)OC)c1C. The highest BCUT2D eigenvalue weighted by Gasteiger charge is 2.27. The summed E-state index contributed by atoms with van der Waals surface area (Å²) in [5.74, 6) is -0.379. The van der Waals surface area contributed by atoms with Crippen molar-refractivity contribution in [2.24, 2.45) is 0 Å². The molecule has 1 amide bonds. The van der Waals surface area contributed by atoms with E-state index in [-0.39, 0.29) is 21.5 Å². The molecule has 2 aromatic carbocycles. The minimum Gasteiger partial charge on any atom is -0.495 e. The second kappa shape index (κ2) is 12.9. The maximum absolute atomic E-state index is 13.0. The molecule has 3 rings (SSSR count). The number of benzene rings is 2. The molecule has 3 aromatic rings. The fraction of sp³-hybridized carbons (Fsp3) is 0.269. The number of carbonyl (C=O) groups is 2. The van der Waals surface area contributed by atoms with Gasteiger partial charge in [-0.2, -0.15) is 0 Å². The van der Waals surface area contributed by atoms with Crippen LogP contribution < -0.4 is 20.1 Å². The molecule has 0 atom stereocenters. The summed E-state index contributed by atoms with van der Waals surface area (Å²) in [5, 5.41) is 6.46. The minimum atomic E-state index is -3.87. The van der Waals surface area contributed by atoms with Gasteiger partial charge in [0.05, 0.1) is 35.2 Å². The number of esters is 1.